The van der Waals surface area contributed by atoms with Gasteiger partial charge in [0.05, 0.1) is 17.1 Å². The zero-order valence-electron chi connectivity index (χ0n) is 14.2. The largest absolute Gasteiger partial charge is 0.449 e. The second-order valence-corrected chi connectivity index (χ2v) is 5.65. The molecular weight excluding hydrogens is 354 g/mol. The van der Waals surface area contributed by atoms with Crippen LogP contribution in [0.1, 0.15) is 34.8 Å². The molecule has 0 bridgehead atoms. The maximum Gasteiger partial charge on any atom is 0.338 e. The van der Waals surface area contributed by atoms with Crippen LogP contribution < -0.4 is 0 Å². The van der Waals surface area contributed by atoms with Gasteiger partial charge in [-0.05, 0) is 36.8 Å². The van der Waals surface area contributed by atoms with Crippen LogP contribution in [0.2, 0.25) is 0 Å². The lowest BCUT2D eigenvalue weighted by atomic mass is 10.1. The van der Waals surface area contributed by atoms with Crippen molar-refractivity contribution in [3.63, 3.8) is 0 Å². The number of nitrogens with zero attached hydrogens (tertiary/aromatic N) is 3. The Morgan fingerprint density at radius 1 is 1.19 bits per heavy atom. The van der Waals surface area contributed by atoms with Gasteiger partial charge in [-0.3, -0.25) is 10.1 Å². The Balaban J connectivity index is 1.69. The Morgan fingerprint density at radius 2 is 1.85 bits per heavy atom. The second-order valence-electron chi connectivity index (χ2n) is 5.65. The number of esters is 1. The van der Waals surface area contributed by atoms with Crippen molar-refractivity contribution >= 4 is 11.7 Å². The van der Waals surface area contributed by atoms with Crippen molar-refractivity contribution < 1.29 is 24.0 Å². The van der Waals surface area contributed by atoms with Crippen molar-refractivity contribution in [2.75, 3.05) is 0 Å². The first-order valence-electron chi connectivity index (χ1n) is 7.97. The lowest BCUT2D eigenvalue weighted by molar-refractivity contribution is -0.384. The van der Waals surface area contributed by atoms with Gasteiger partial charge in [-0.15, -0.1) is 10.2 Å². The molecule has 1 N–H and O–H groups in total. The van der Waals surface area contributed by atoms with E-state index in [0.29, 0.717) is 16.7 Å². The Bertz CT molecular complexity index is 950. The zero-order valence-corrected chi connectivity index (χ0v) is 14.2. The molecule has 1 heterocycles. The lowest BCUT2D eigenvalue weighted by Crippen LogP contribution is -2.09. The Labute approximate surface area is 153 Å². The van der Waals surface area contributed by atoms with Crippen molar-refractivity contribution in [1.29, 1.82) is 0 Å². The van der Waals surface area contributed by atoms with Gasteiger partial charge in [0, 0.05) is 17.7 Å². The molecule has 3 rings (SSSR count). The number of aliphatic hydroxyl groups excluding tert-OH is 1. The smallest absolute Gasteiger partial charge is 0.338 e. The summed E-state index contributed by atoms with van der Waals surface area (Å²) in [6, 6.07) is 12.0. The first kappa shape index (κ1) is 18.2. The summed E-state index contributed by atoms with van der Waals surface area (Å²) in [5, 5.41) is 27.5. The number of carbonyl (C=O) groups is 1. The van der Waals surface area contributed by atoms with E-state index in [1.807, 2.05) is 0 Å². The van der Waals surface area contributed by atoms with Crippen LogP contribution in [-0.4, -0.2) is 26.2 Å². The number of rotatable bonds is 6. The number of benzene rings is 2. The third-order valence-corrected chi connectivity index (χ3v) is 3.77. The maximum absolute atomic E-state index is 12.2. The summed E-state index contributed by atoms with van der Waals surface area (Å²) in [6.45, 7) is 1.48. The van der Waals surface area contributed by atoms with Crippen LogP contribution in [0.25, 0.3) is 11.5 Å². The average molecular weight is 369 g/mol. The molecule has 27 heavy (non-hydrogen) atoms. The van der Waals surface area contributed by atoms with E-state index in [1.54, 1.807) is 31.2 Å². The minimum atomic E-state index is -0.783. The minimum absolute atomic E-state index is 0.0481. The van der Waals surface area contributed by atoms with E-state index in [1.165, 1.54) is 24.3 Å². The van der Waals surface area contributed by atoms with E-state index in [2.05, 4.69) is 10.2 Å². The molecule has 0 saturated heterocycles. The molecule has 1 aromatic heterocycles. The van der Waals surface area contributed by atoms with Gasteiger partial charge in [-0.2, -0.15) is 0 Å². The molecule has 9 heteroatoms. The lowest BCUT2D eigenvalue weighted by Gasteiger charge is -2.09. The molecule has 138 valence electrons. The molecule has 0 saturated carbocycles. The summed E-state index contributed by atoms with van der Waals surface area (Å²) in [6.07, 6.45) is -0.783. The molecule has 1 atom stereocenters. The van der Waals surface area contributed by atoms with Crippen LogP contribution >= 0.6 is 0 Å². The number of hydrogen-bond donors (Lipinski definition) is 1. The summed E-state index contributed by atoms with van der Waals surface area (Å²) in [5.74, 6) is -0.305. The zero-order chi connectivity index (χ0) is 19.4. The number of aliphatic hydroxyl groups is 1. The quantitative estimate of drug-likeness (QED) is 0.399. The number of ether oxygens (including phenoxy) is 1. The summed E-state index contributed by atoms with van der Waals surface area (Å²) in [4.78, 5) is 22.4. The molecule has 0 fully saturated rings. The highest BCUT2D eigenvalue weighted by Gasteiger charge is 2.20. The summed E-state index contributed by atoms with van der Waals surface area (Å²) >= 11 is 0. The van der Waals surface area contributed by atoms with E-state index in [-0.39, 0.29) is 24.1 Å². The van der Waals surface area contributed by atoms with Gasteiger partial charge in [0.15, 0.2) is 6.10 Å². The number of aromatic nitrogens is 2. The van der Waals surface area contributed by atoms with Gasteiger partial charge in [0.2, 0.25) is 5.89 Å². The molecule has 0 spiro atoms. The van der Waals surface area contributed by atoms with Crippen LogP contribution in [0.15, 0.2) is 52.9 Å². The molecule has 3 aromatic rings. The van der Waals surface area contributed by atoms with Crippen molar-refractivity contribution in [2.24, 2.45) is 0 Å². The van der Waals surface area contributed by atoms with E-state index in [4.69, 9.17) is 14.3 Å². The summed E-state index contributed by atoms with van der Waals surface area (Å²) < 4.78 is 10.8. The number of nitro benzene ring substituents is 1. The molecule has 2 aromatic carbocycles. The Kier molecular flexibility index (Phi) is 5.23. The van der Waals surface area contributed by atoms with Gasteiger partial charge in [0.25, 0.3) is 11.6 Å². The van der Waals surface area contributed by atoms with E-state index in [9.17, 15) is 14.9 Å². The van der Waals surface area contributed by atoms with Crippen LogP contribution in [0, 0.1) is 10.1 Å². The van der Waals surface area contributed by atoms with Gasteiger partial charge < -0.3 is 14.3 Å². The standard InChI is InChI=1S/C18H15N3O6/c1-11(26-18(23)14-4-2-12(10-22)3-5-14)16-19-20-17(27-16)13-6-8-15(9-7-13)21(24)25/h2-9,11,22H,10H2,1H3/t11-/m1/s1. The molecule has 0 unspecified atom stereocenters. The fourth-order valence-electron chi connectivity index (χ4n) is 2.27. The predicted molar refractivity (Wildman–Crippen MR) is 92.6 cm³/mol. The fourth-order valence-corrected chi connectivity index (χ4v) is 2.27. The number of carbonyl (C=O) groups excluding carboxylic acids is 1. The van der Waals surface area contributed by atoms with Gasteiger partial charge >= 0.3 is 5.97 Å². The second kappa shape index (κ2) is 7.75. The third-order valence-electron chi connectivity index (χ3n) is 3.77. The molecule has 0 aliphatic heterocycles. The molecule has 9 nitrogen and oxygen atoms in total. The van der Waals surface area contributed by atoms with Crippen molar-refractivity contribution in [3.05, 3.63) is 75.7 Å². The first-order chi connectivity index (χ1) is 13.0. The highest BCUT2D eigenvalue weighted by atomic mass is 16.6. The van der Waals surface area contributed by atoms with Gasteiger partial charge in [0.1, 0.15) is 0 Å². The van der Waals surface area contributed by atoms with Crippen molar-refractivity contribution in [3.8, 4) is 11.5 Å². The van der Waals surface area contributed by atoms with Crippen LogP contribution in [0.3, 0.4) is 0 Å². The molecule has 0 radical (unpaired) electrons. The number of non-ortho nitro benzene ring substituents is 1. The van der Waals surface area contributed by atoms with Crippen LogP contribution in [-0.2, 0) is 11.3 Å². The Hall–Kier alpha value is -3.59. The summed E-state index contributed by atoms with van der Waals surface area (Å²) in [5.41, 5.74) is 1.48. The van der Waals surface area contributed by atoms with Crippen molar-refractivity contribution in [1.82, 2.24) is 10.2 Å². The summed E-state index contributed by atoms with van der Waals surface area (Å²) in [7, 11) is 0. The predicted octanol–water partition coefficient (Wildman–Crippen LogP) is 3.06. The average Bonchev–Trinajstić information content (AvgIpc) is 3.18. The van der Waals surface area contributed by atoms with E-state index in [0.717, 1.165) is 0 Å². The molecule has 0 aliphatic rings. The topological polar surface area (TPSA) is 129 Å². The first-order valence-corrected chi connectivity index (χ1v) is 7.97. The van der Waals surface area contributed by atoms with E-state index >= 15 is 0 Å². The minimum Gasteiger partial charge on any atom is -0.449 e. The third kappa shape index (κ3) is 4.15. The number of nitro groups is 1. The molecule has 0 aliphatic carbocycles. The van der Waals surface area contributed by atoms with Gasteiger partial charge in [-0.1, -0.05) is 12.1 Å². The number of hydrogen-bond acceptors (Lipinski definition) is 8. The van der Waals surface area contributed by atoms with Crippen molar-refractivity contribution in [2.45, 2.75) is 19.6 Å². The molecular formula is C18H15N3O6. The van der Waals surface area contributed by atoms with E-state index < -0.39 is 17.0 Å². The monoisotopic (exact) mass is 369 g/mol. The van der Waals surface area contributed by atoms with Gasteiger partial charge in [-0.25, -0.2) is 4.79 Å². The van der Waals surface area contributed by atoms with Crippen LogP contribution in [0.4, 0.5) is 5.69 Å². The Morgan fingerprint density at radius 3 is 2.44 bits per heavy atom. The fraction of sp³-hybridized carbons (Fsp3) is 0.167. The SMILES string of the molecule is C[C@@H](OC(=O)c1ccc(CO)cc1)c1nnc(-c2ccc([N+](=O)[O-])cc2)o1. The normalized spacial score (nSPS) is 11.8. The van der Waals surface area contributed by atoms with Crippen LogP contribution in [0.5, 0.6) is 0 Å². The molecule has 0 amide bonds. The highest BCUT2D eigenvalue weighted by Crippen LogP contribution is 2.24. The maximum atomic E-state index is 12.2. The highest BCUT2D eigenvalue weighted by molar-refractivity contribution is 5.89.